The van der Waals surface area contributed by atoms with Crippen molar-refractivity contribution in [1.29, 1.82) is 0 Å². The minimum atomic E-state index is -0.803. The van der Waals surface area contributed by atoms with Crippen molar-refractivity contribution in [2.45, 2.75) is 45.8 Å². The summed E-state index contributed by atoms with van der Waals surface area (Å²) in [4.78, 5) is 26.6. The van der Waals surface area contributed by atoms with Gasteiger partial charge in [0.1, 0.15) is 0 Å². The number of primary amides is 1. The monoisotopic (exact) mass is 333 g/mol. The quantitative estimate of drug-likeness (QED) is 0.767. The Labute approximate surface area is 143 Å². The molecule has 1 aromatic carbocycles. The van der Waals surface area contributed by atoms with Crippen molar-refractivity contribution < 1.29 is 14.7 Å². The molecule has 24 heavy (non-hydrogen) atoms. The van der Waals surface area contributed by atoms with E-state index in [1.165, 1.54) is 0 Å². The standard InChI is InChI=1S/C18H27N3O3/c1-11(2)21-9-7-13(8-10-21)18(24)20-16-14(12(3)22)5-4-6-15(16)17(19)23/h4-6,11-13,22H,7-10H2,1-3H3,(H2,19,23)(H,20,24). The van der Waals surface area contributed by atoms with Crippen molar-refractivity contribution in [3.05, 3.63) is 29.3 Å². The normalized spacial score (nSPS) is 17.7. The highest BCUT2D eigenvalue weighted by molar-refractivity contribution is 6.04. The maximum absolute atomic E-state index is 12.6. The van der Waals surface area contributed by atoms with Crippen LogP contribution in [-0.2, 0) is 4.79 Å². The molecule has 2 rings (SSSR count). The van der Waals surface area contributed by atoms with Crippen molar-refractivity contribution in [2.24, 2.45) is 11.7 Å². The number of rotatable bonds is 5. The molecular weight excluding hydrogens is 306 g/mol. The van der Waals surface area contributed by atoms with Gasteiger partial charge in [0.2, 0.25) is 5.91 Å². The Kier molecular flexibility index (Phi) is 5.96. The van der Waals surface area contributed by atoms with Crippen LogP contribution in [0.2, 0.25) is 0 Å². The minimum Gasteiger partial charge on any atom is -0.389 e. The molecule has 1 unspecified atom stereocenters. The van der Waals surface area contributed by atoms with E-state index in [0.717, 1.165) is 25.9 Å². The van der Waals surface area contributed by atoms with Crippen LogP contribution in [0.1, 0.15) is 55.6 Å². The summed E-state index contributed by atoms with van der Waals surface area (Å²) < 4.78 is 0. The first-order valence-corrected chi connectivity index (χ1v) is 8.47. The van der Waals surface area contributed by atoms with Crippen LogP contribution in [0, 0.1) is 5.92 Å². The fourth-order valence-electron chi connectivity index (χ4n) is 3.17. The summed E-state index contributed by atoms with van der Waals surface area (Å²) in [6, 6.07) is 5.38. The molecular formula is C18H27N3O3. The highest BCUT2D eigenvalue weighted by Gasteiger charge is 2.27. The van der Waals surface area contributed by atoms with Crippen LogP contribution in [0.3, 0.4) is 0 Å². The number of aliphatic hydroxyl groups is 1. The summed E-state index contributed by atoms with van der Waals surface area (Å²) in [5.74, 6) is -0.834. The Morgan fingerprint density at radius 3 is 2.38 bits per heavy atom. The average molecular weight is 333 g/mol. The van der Waals surface area contributed by atoms with Gasteiger partial charge in [-0.1, -0.05) is 12.1 Å². The minimum absolute atomic E-state index is 0.0946. The van der Waals surface area contributed by atoms with Gasteiger partial charge in [0.05, 0.1) is 17.4 Å². The number of hydrogen-bond acceptors (Lipinski definition) is 4. The number of carbonyl (C=O) groups is 2. The third-order valence-corrected chi connectivity index (χ3v) is 4.69. The van der Waals surface area contributed by atoms with Gasteiger partial charge in [-0.25, -0.2) is 0 Å². The van der Waals surface area contributed by atoms with Gasteiger partial charge in [-0.05, 0) is 52.8 Å². The van der Waals surface area contributed by atoms with Gasteiger partial charge in [-0.2, -0.15) is 0 Å². The van der Waals surface area contributed by atoms with Crippen molar-refractivity contribution in [3.63, 3.8) is 0 Å². The highest BCUT2D eigenvalue weighted by atomic mass is 16.3. The van der Waals surface area contributed by atoms with E-state index in [-0.39, 0.29) is 17.4 Å². The number of nitrogens with two attached hydrogens (primary N) is 1. The Morgan fingerprint density at radius 1 is 1.25 bits per heavy atom. The van der Waals surface area contributed by atoms with Crippen LogP contribution < -0.4 is 11.1 Å². The molecule has 1 saturated heterocycles. The summed E-state index contributed by atoms with van der Waals surface area (Å²) >= 11 is 0. The zero-order chi connectivity index (χ0) is 17.9. The average Bonchev–Trinajstić information content (AvgIpc) is 2.54. The van der Waals surface area contributed by atoms with Crippen LogP contribution in [0.15, 0.2) is 18.2 Å². The molecule has 0 bridgehead atoms. The second kappa shape index (κ2) is 7.77. The number of carbonyl (C=O) groups excluding carboxylic acids is 2. The van der Waals surface area contributed by atoms with E-state index in [9.17, 15) is 14.7 Å². The summed E-state index contributed by atoms with van der Waals surface area (Å²) in [5.41, 5.74) is 6.46. The Morgan fingerprint density at radius 2 is 1.88 bits per heavy atom. The molecule has 1 fully saturated rings. The van der Waals surface area contributed by atoms with Crippen LogP contribution in [0.25, 0.3) is 0 Å². The van der Waals surface area contributed by atoms with Gasteiger partial charge < -0.3 is 21.1 Å². The van der Waals surface area contributed by atoms with Gasteiger partial charge in [-0.15, -0.1) is 0 Å². The third kappa shape index (κ3) is 4.13. The van der Waals surface area contributed by atoms with Crippen molar-refractivity contribution in [2.75, 3.05) is 18.4 Å². The number of nitrogens with one attached hydrogen (secondary N) is 1. The molecule has 0 aliphatic carbocycles. The molecule has 4 N–H and O–H groups in total. The van der Waals surface area contributed by atoms with E-state index in [4.69, 9.17) is 5.73 Å². The number of anilines is 1. The van der Waals surface area contributed by atoms with Crippen molar-refractivity contribution in [3.8, 4) is 0 Å². The van der Waals surface area contributed by atoms with E-state index in [0.29, 0.717) is 17.3 Å². The Bertz CT molecular complexity index is 606. The van der Waals surface area contributed by atoms with Crippen molar-refractivity contribution >= 4 is 17.5 Å². The summed E-state index contributed by atoms with van der Waals surface area (Å²) in [7, 11) is 0. The number of para-hydroxylation sites is 1. The number of piperidine rings is 1. The summed E-state index contributed by atoms with van der Waals surface area (Å²) in [6.07, 6.45) is 0.766. The summed E-state index contributed by atoms with van der Waals surface area (Å²) in [6.45, 7) is 7.67. The summed E-state index contributed by atoms with van der Waals surface area (Å²) in [5, 5.41) is 12.8. The maximum atomic E-state index is 12.6. The van der Waals surface area contributed by atoms with Crippen molar-refractivity contribution in [1.82, 2.24) is 4.90 Å². The molecule has 1 heterocycles. The number of likely N-dealkylation sites (tertiary alicyclic amines) is 1. The van der Waals surface area contributed by atoms with Gasteiger partial charge in [0.25, 0.3) is 5.91 Å². The largest absolute Gasteiger partial charge is 0.389 e. The van der Waals surface area contributed by atoms with Crippen LogP contribution >= 0.6 is 0 Å². The maximum Gasteiger partial charge on any atom is 0.250 e. The number of aliphatic hydroxyl groups excluding tert-OH is 1. The van der Waals surface area contributed by atoms with Gasteiger partial charge in [0, 0.05) is 17.5 Å². The first-order valence-electron chi connectivity index (χ1n) is 8.47. The topological polar surface area (TPSA) is 95.7 Å². The molecule has 0 radical (unpaired) electrons. The third-order valence-electron chi connectivity index (χ3n) is 4.69. The highest BCUT2D eigenvalue weighted by Crippen LogP contribution is 2.28. The van der Waals surface area contributed by atoms with E-state index in [1.54, 1.807) is 25.1 Å². The molecule has 6 nitrogen and oxygen atoms in total. The first kappa shape index (κ1) is 18.4. The number of nitrogens with zero attached hydrogens (tertiary/aromatic N) is 1. The zero-order valence-corrected chi connectivity index (χ0v) is 14.6. The van der Waals surface area contributed by atoms with E-state index in [2.05, 4.69) is 24.1 Å². The lowest BCUT2D eigenvalue weighted by molar-refractivity contribution is -0.121. The predicted octanol–water partition coefficient (Wildman–Crippen LogP) is 1.90. The lowest BCUT2D eigenvalue weighted by atomic mass is 9.94. The molecule has 2 amide bonds. The Balaban J connectivity index is 2.16. The number of hydrogen-bond donors (Lipinski definition) is 3. The van der Waals surface area contributed by atoms with Gasteiger partial charge in [0.15, 0.2) is 0 Å². The van der Waals surface area contributed by atoms with E-state index in [1.807, 2.05) is 0 Å². The SMILES string of the molecule is CC(O)c1cccc(C(N)=O)c1NC(=O)C1CCN(C(C)C)CC1. The van der Waals surface area contributed by atoms with E-state index < -0.39 is 12.0 Å². The predicted molar refractivity (Wildman–Crippen MR) is 93.7 cm³/mol. The van der Waals surface area contributed by atoms with E-state index >= 15 is 0 Å². The van der Waals surface area contributed by atoms with Crippen LogP contribution in [-0.4, -0.2) is 41.0 Å². The molecule has 6 heteroatoms. The van der Waals surface area contributed by atoms with Crippen LogP contribution in [0.4, 0.5) is 5.69 Å². The molecule has 1 aliphatic rings. The Hall–Kier alpha value is -1.92. The molecule has 1 atom stereocenters. The van der Waals surface area contributed by atoms with Gasteiger partial charge >= 0.3 is 0 Å². The number of benzene rings is 1. The fraction of sp³-hybridized carbons (Fsp3) is 0.556. The molecule has 132 valence electrons. The second-order valence-corrected chi connectivity index (χ2v) is 6.70. The molecule has 0 spiro atoms. The van der Waals surface area contributed by atoms with Crippen LogP contribution in [0.5, 0.6) is 0 Å². The smallest absolute Gasteiger partial charge is 0.250 e. The molecule has 0 aromatic heterocycles. The molecule has 1 aliphatic heterocycles. The lowest BCUT2D eigenvalue weighted by Gasteiger charge is -2.34. The second-order valence-electron chi connectivity index (χ2n) is 6.70. The zero-order valence-electron chi connectivity index (χ0n) is 14.6. The fourth-order valence-corrected chi connectivity index (χ4v) is 3.17. The molecule has 1 aromatic rings. The molecule has 0 saturated carbocycles. The van der Waals surface area contributed by atoms with Gasteiger partial charge in [-0.3, -0.25) is 9.59 Å². The lowest BCUT2D eigenvalue weighted by Crippen LogP contribution is -2.41. The first-order chi connectivity index (χ1) is 11.3. The number of amides is 2.